The highest BCUT2D eigenvalue weighted by Crippen LogP contribution is 2.74. The Kier molecular flexibility index (Phi) is 36.8. The van der Waals surface area contributed by atoms with E-state index < -0.39 is 56.8 Å². The molecule has 4 N–H and O–H groups in total. The minimum Gasteiger partial charge on any atom is -0.497 e. The van der Waals surface area contributed by atoms with Crippen molar-refractivity contribution in [1.29, 1.82) is 0 Å². The van der Waals surface area contributed by atoms with Gasteiger partial charge in [0.25, 0.3) is 0 Å². The number of carbonyl (C=O) groups is 6. The van der Waals surface area contributed by atoms with Crippen LogP contribution in [0.25, 0.3) is 0 Å². The number of unbranched alkanes of at least 4 members (excludes halogenated alkanes) is 6. The third-order valence-corrected chi connectivity index (χ3v) is 31.5. The number of carbonyl (C=O) groups excluding carboxylic acids is 5. The first-order valence-corrected chi connectivity index (χ1v) is 48.6. The number of aldehydes is 3. The van der Waals surface area contributed by atoms with E-state index in [4.69, 9.17) is 38.1 Å². The number of hydrogen-bond acceptors (Lipinski definition) is 17. The minimum atomic E-state index is -1.11. The summed E-state index contributed by atoms with van der Waals surface area (Å²) in [7, 11) is 3.25. The number of aromatic nitrogens is 1. The van der Waals surface area contributed by atoms with E-state index >= 15 is 0 Å². The van der Waals surface area contributed by atoms with E-state index in [2.05, 4.69) is 147 Å². The van der Waals surface area contributed by atoms with Gasteiger partial charge < -0.3 is 68.0 Å². The lowest BCUT2D eigenvalue weighted by atomic mass is 9.52. The maximum atomic E-state index is 14.3. The standard InChI is InChI=1S/2C34H50O6.C26H42O5.C13H21N/c2*1-6-7-15-39-16-9-8-10-28-24(4)31(36)18-30(28)33(22-35)19-26-17-29(23(2)3)34(33,20-26)32(37)40-21-25-11-13-27(38-5)14-12-25;1-5-6-10-31-11-8-7-9-20-18(4)23(28)13-22(20)25(16-27)14-19-12-21(17(2)3)26(25,15-19)24(29)30;1-12(2,3)10-8-7-9-11(14-10)13(4,5)6/h2*11-14,17,22-24,26,28,30-31,36H,6-10,15-16,18-21H2,1-5H3;12,16-20,22-23,28H,5-11,13-15H2,1-4H3,(H,29,30);7-9H,1-6H3/t2*24?,26?,28?,30?,31?,33-,34+;18?,19?,20?,22?,23?,25-,26+;/m000./s1. The summed E-state index contributed by atoms with van der Waals surface area (Å²) in [5.74, 6) is 1.51. The van der Waals surface area contributed by atoms with Crippen molar-refractivity contribution in [1.82, 2.24) is 4.98 Å². The molecule has 1 aromatic heterocycles. The van der Waals surface area contributed by atoms with Gasteiger partial charge >= 0.3 is 17.9 Å². The Balaban J connectivity index is 0.000000198. The van der Waals surface area contributed by atoms with Crippen LogP contribution < -0.4 is 9.47 Å². The number of allylic oxidation sites excluding steroid dienone is 3. The molecular formula is C107H163NO17. The molecule has 0 spiro atoms. The van der Waals surface area contributed by atoms with Crippen LogP contribution in [0.15, 0.2) is 102 Å². The number of hydrogen-bond donors (Lipinski definition) is 4. The fourth-order valence-corrected chi connectivity index (χ4v) is 25.0. The molecule has 2 aromatic carbocycles. The summed E-state index contributed by atoms with van der Waals surface area (Å²) in [5.41, 5.74) is 1.72. The summed E-state index contributed by atoms with van der Waals surface area (Å²) in [6.45, 7) is 43.5. The molecule has 1 heterocycles. The monoisotopic (exact) mass is 1730 g/mol. The molecule has 15 unspecified atom stereocenters. The summed E-state index contributed by atoms with van der Waals surface area (Å²) >= 11 is 0. The lowest BCUT2D eigenvalue weighted by molar-refractivity contribution is -0.167. The highest BCUT2D eigenvalue weighted by atomic mass is 16.5. The predicted molar refractivity (Wildman–Crippen MR) is 494 cm³/mol. The van der Waals surface area contributed by atoms with Crippen molar-refractivity contribution in [2.24, 2.45) is 121 Å². The Hall–Kier alpha value is -6.41. The molecule has 0 amide bonds. The van der Waals surface area contributed by atoms with Crippen LogP contribution in [0, 0.1) is 121 Å². The second-order valence-electron chi connectivity index (χ2n) is 42.3. The van der Waals surface area contributed by atoms with E-state index in [1.54, 1.807) is 14.2 Å². The van der Waals surface area contributed by atoms with Crippen LogP contribution in [0.4, 0.5) is 0 Å². The fourth-order valence-electron chi connectivity index (χ4n) is 25.0. The van der Waals surface area contributed by atoms with Crippen LogP contribution >= 0.6 is 0 Å². The first-order chi connectivity index (χ1) is 59.4. The zero-order valence-electron chi connectivity index (χ0n) is 80.4. The average Bonchev–Trinajstić information content (AvgIpc) is 1.53. The number of methoxy groups -OCH3 is 2. The van der Waals surface area contributed by atoms with Crippen LogP contribution in [0.5, 0.6) is 11.5 Å². The number of aliphatic carboxylic acids is 1. The Labute approximate surface area is 751 Å². The van der Waals surface area contributed by atoms with Crippen LogP contribution in [-0.4, -0.2) is 134 Å². The molecule has 125 heavy (non-hydrogen) atoms. The van der Waals surface area contributed by atoms with Crippen LogP contribution in [0.3, 0.4) is 0 Å². The van der Waals surface area contributed by atoms with Crippen molar-refractivity contribution in [2.75, 3.05) is 53.9 Å². The molecule has 9 aliphatic carbocycles. The third-order valence-electron chi connectivity index (χ3n) is 31.5. The average molecular weight is 1740 g/mol. The molecule has 9 aliphatic rings. The normalized spacial score (nSPS) is 32.2. The van der Waals surface area contributed by atoms with Gasteiger partial charge in [0.2, 0.25) is 0 Å². The Bertz CT molecular complexity index is 3860. The third kappa shape index (κ3) is 21.8. The predicted octanol–water partition coefficient (Wildman–Crippen LogP) is 21.6. The summed E-state index contributed by atoms with van der Waals surface area (Å²) < 4.78 is 39.9. The Morgan fingerprint density at radius 3 is 0.992 bits per heavy atom. The number of rotatable bonds is 42. The molecule has 0 aliphatic heterocycles. The van der Waals surface area contributed by atoms with Gasteiger partial charge in [-0.15, -0.1) is 0 Å². The summed E-state index contributed by atoms with van der Waals surface area (Å²) in [6, 6.07) is 21.4. The van der Waals surface area contributed by atoms with Crippen LogP contribution in [-0.2, 0) is 76.5 Å². The zero-order valence-corrected chi connectivity index (χ0v) is 80.4. The number of carboxylic acids is 1. The van der Waals surface area contributed by atoms with Crippen molar-refractivity contribution in [2.45, 2.75) is 321 Å². The van der Waals surface area contributed by atoms with Crippen molar-refractivity contribution in [3.8, 4) is 11.5 Å². The molecule has 6 bridgehead atoms. The Morgan fingerprint density at radius 2 is 0.720 bits per heavy atom. The highest BCUT2D eigenvalue weighted by Gasteiger charge is 2.75. The number of esters is 2. The van der Waals surface area contributed by atoms with Crippen LogP contribution in [0.1, 0.15) is 301 Å². The number of benzene rings is 2. The van der Waals surface area contributed by atoms with Gasteiger partial charge in [0.05, 0.1) is 32.5 Å². The van der Waals surface area contributed by atoms with E-state index in [1.165, 1.54) is 11.4 Å². The molecule has 18 heteroatoms. The number of fused-ring (bicyclic) bond motifs is 6. The second kappa shape index (κ2) is 44.9. The number of aliphatic hydroxyl groups is 3. The van der Waals surface area contributed by atoms with Gasteiger partial charge in [0, 0.05) is 78.1 Å². The first kappa shape index (κ1) is 102. The van der Waals surface area contributed by atoms with E-state index in [9.17, 15) is 49.2 Å². The number of ether oxygens (including phenoxy) is 7. The molecule has 0 radical (unpaired) electrons. The number of nitrogens with zero attached hydrogens (tertiary/aromatic N) is 1. The van der Waals surface area contributed by atoms with Gasteiger partial charge in [-0.3, -0.25) is 19.4 Å². The van der Waals surface area contributed by atoms with E-state index in [0.29, 0.717) is 57.8 Å². The minimum absolute atomic E-state index is 0.0583. The van der Waals surface area contributed by atoms with Gasteiger partial charge in [0.15, 0.2) is 0 Å². The summed E-state index contributed by atoms with van der Waals surface area (Å²) in [4.78, 5) is 85.8. The molecule has 698 valence electrons. The fraction of sp³-hybridized carbons (Fsp3) is 0.729. The molecule has 3 aromatic rings. The SMILES string of the molecule is CC(C)(C)c1cccc(C(C)(C)C)n1.CCCCOCCCCC1C(C)C(O)CC1[C@@]1(C=O)CC2C=C(C(C)C)[C@@]1(C(=O)O)C2.CCCCOCCCCC1C(C)C(O)CC1[C@@]1(C=O)CC2C=C(C(C)C)[C@@]1(C(=O)OCc1ccc(OC)cc1)C2.CCCCOCCCCC1C(C)C(O)CC1[C@@]1(C=O)CC2C=C(C(C)C)[C@@]1(C(=O)OCc1ccc(OC)cc1)C2. The molecular weight excluding hydrogens is 1570 g/mol. The van der Waals surface area contributed by atoms with Gasteiger partial charge in [-0.25, -0.2) is 0 Å². The Morgan fingerprint density at radius 1 is 0.432 bits per heavy atom. The molecule has 0 saturated heterocycles. The smallest absolute Gasteiger partial charge is 0.317 e. The number of pyridine rings is 1. The van der Waals surface area contributed by atoms with Gasteiger partial charge in [-0.2, -0.15) is 0 Å². The number of carboxylic acid groups (broad SMARTS) is 1. The lowest BCUT2D eigenvalue weighted by Crippen LogP contribution is -2.53. The maximum Gasteiger partial charge on any atom is 0.317 e. The highest BCUT2D eigenvalue weighted by molar-refractivity contribution is 5.91. The van der Waals surface area contributed by atoms with Crippen molar-refractivity contribution < 1.29 is 82.4 Å². The lowest BCUT2D eigenvalue weighted by Gasteiger charge is -2.49. The zero-order chi connectivity index (χ0) is 91.6. The van der Waals surface area contributed by atoms with E-state index in [-0.39, 0.29) is 125 Å². The largest absolute Gasteiger partial charge is 0.497 e. The quantitative estimate of drug-likeness (QED) is 0.0178. The van der Waals surface area contributed by atoms with Crippen molar-refractivity contribution >= 4 is 36.8 Å². The van der Waals surface area contributed by atoms with E-state index in [1.807, 2.05) is 62.4 Å². The van der Waals surface area contributed by atoms with Crippen LogP contribution in [0.2, 0.25) is 0 Å². The molecule has 6 saturated carbocycles. The first-order valence-electron chi connectivity index (χ1n) is 48.6. The van der Waals surface area contributed by atoms with Gasteiger partial charge in [0.1, 0.15) is 59.8 Å². The summed E-state index contributed by atoms with van der Waals surface area (Å²) in [6.07, 6.45) is 29.1. The molecule has 6 fully saturated rings. The van der Waals surface area contributed by atoms with E-state index in [0.717, 1.165) is 194 Å². The molecule has 18 nitrogen and oxygen atoms in total. The van der Waals surface area contributed by atoms with Crippen molar-refractivity contribution in [3.05, 3.63) is 124 Å². The number of aliphatic hydroxyl groups excluding tert-OH is 3. The second-order valence-corrected chi connectivity index (χ2v) is 42.3. The topological polar surface area (TPSA) is 261 Å². The van der Waals surface area contributed by atoms with Gasteiger partial charge in [-0.05, 0) is 252 Å². The van der Waals surface area contributed by atoms with Crippen molar-refractivity contribution in [3.63, 3.8) is 0 Å². The summed E-state index contributed by atoms with van der Waals surface area (Å²) in [5, 5.41) is 43.4. The molecule has 12 rings (SSSR count). The van der Waals surface area contributed by atoms with Gasteiger partial charge in [-0.1, -0.05) is 228 Å². The molecule has 21 atom stereocenters. The maximum absolute atomic E-state index is 14.3.